The van der Waals surface area contributed by atoms with Crippen molar-refractivity contribution in [3.05, 3.63) is 58.8 Å². The third-order valence-electron chi connectivity index (χ3n) is 6.75. The number of hydrogen-bond acceptors (Lipinski definition) is 2. The molecule has 2 heteroatoms. The van der Waals surface area contributed by atoms with Crippen LogP contribution in [0.2, 0.25) is 0 Å². The molecule has 0 N–H and O–H groups in total. The molecule has 0 bridgehead atoms. The van der Waals surface area contributed by atoms with Gasteiger partial charge >= 0.3 is 0 Å². The summed E-state index contributed by atoms with van der Waals surface area (Å²) >= 11 is 0. The van der Waals surface area contributed by atoms with Crippen LogP contribution in [0, 0.1) is 5.92 Å². The van der Waals surface area contributed by atoms with Gasteiger partial charge in [0.1, 0.15) is 0 Å². The van der Waals surface area contributed by atoms with Gasteiger partial charge in [0, 0.05) is 18.3 Å². The maximum Gasteiger partial charge on any atom is 0.0370 e. The van der Waals surface area contributed by atoms with Gasteiger partial charge in [0.05, 0.1) is 0 Å². The lowest BCUT2D eigenvalue weighted by Gasteiger charge is -2.37. The quantitative estimate of drug-likeness (QED) is 0.752. The average Bonchev–Trinajstić information content (AvgIpc) is 3.08. The number of nitrogens with zero attached hydrogens (tertiary/aromatic N) is 2. The van der Waals surface area contributed by atoms with Crippen molar-refractivity contribution in [1.29, 1.82) is 0 Å². The Bertz CT molecular complexity index is 654. The molecule has 26 heavy (non-hydrogen) atoms. The third kappa shape index (κ3) is 3.91. The SMILES string of the molecule is CC1=CCCC=C1N(CCC1CCN(C)CC1)C1Cc2ccccc2C1. The van der Waals surface area contributed by atoms with E-state index >= 15 is 0 Å². The lowest BCUT2D eigenvalue weighted by Crippen LogP contribution is -2.38. The van der Waals surface area contributed by atoms with Crippen molar-refractivity contribution in [3.63, 3.8) is 0 Å². The summed E-state index contributed by atoms with van der Waals surface area (Å²) in [5, 5.41) is 0. The Morgan fingerprint density at radius 3 is 2.31 bits per heavy atom. The molecule has 4 rings (SSSR count). The smallest absolute Gasteiger partial charge is 0.0370 e. The van der Waals surface area contributed by atoms with Crippen molar-refractivity contribution in [1.82, 2.24) is 9.80 Å². The van der Waals surface area contributed by atoms with Crippen LogP contribution in [-0.2, 0) is 12.8 Å². The van der Waals surface area contributed by atoms with Crippen molar-refractivity contribution < 1.29 is 0 Å². The van der Waals surface area contributed by atoms with Gasteiger partial charge in [0.2, 0.25) is 0 Å². The van der Waals surface area contributed by atoms with Crippen molar-refractivity contribution in [2.24, 2.45) is 5.92 Å². The number of allylic oxidation sites excluding steroid dienone is 3. The summed E-state index contributed by atoms with van der Waals surface area (Å²) in [5.74, 6) is 0.908. The summed E-state index contributed by atoms with van der Waals surface area (Å²) < 4.78 is 0. The minimum absolute atomic E-state index is 0.645. The Morgan fingerprint density at radius 2 is 1.65 bits per heavy atom. The summed E-state index contributed by atoms with van der Waals surface area (Å²) in [4.78, 5) is 5.27. The molecule has 0 atom stereocenters. The van der Waals surface area contributed by atoms with Gasteiger partial charge in [-0.2, -0.15) is 0 Å². The topological polar surface area (TPSA) is 6.48 Å². The number of likely N-dealkylation sites (tertiary alicyclic amines) is 1. The molecule has 140 valence electrons. The maximum absolute atomic E-state index is 2.78. The highest BCUT2D eigenvalue weighted by molar-refractivity contribution is 5.37. The monoisotopic (exact) mass is 350 g/mol. The lowest BCUT2D eigenvalue weighted by molar-refractivity contribution is 0.184. The Morgan fingerprint density at radius 1 is 1.00 bits per heavy atom. The van der Waals surface area contributed by atoms with Crippen LogP contribution < -0.4 is 0 Å². The molecule has 1 aromatic carbocycles. The second-order valence-corrected chi connectivity index (χ2v) is 8.61. The van der Waals surface area contributed by atoms with Crippen molar-refractivity contribution in [2.75, 3.05) is 26.7 Å². The lowest BCUT2D eigenvalue weighted by atomic mass is 9.92. The van der Waals surface area contributed by atoms with E-state index in [-0.39, 0.29) is 0 Å². The molecule has 2 aliphatic carbocycles. The van der Waals surface area contributed by atoms with E-state index in [1.807, 2.05) is 0 Å². The highest BCUT2D eigenvalue weighted by Crippen LogP contribution is 2.32. The van der Waals surface area contributed by atoms with Gasteiger partial charge in [-0.05, 0) is 94.6 Å². The first-order chi connectivity index (χ1) is 12.7. The summed E-state index contributed by atoms with van der Waals surface area (Å²) in [6.07, 6.45) is 13.9. The molecule has 1 saturated heterocycles. The first kappa shape index (κ1) is 17.9. The van der Waals surface area contributed by atoms with Crippen LogP contribution in [-0.4, -0.2) is 42.5 Å². The number of rotatable bonds is 5. The van der Waals surface area contributed by atoms with Gasteiger partial charge in [-0.1, -0.05) is 36.4 Å². The predicted molar refractivity (Wildman–Crippen MR) is 110 cm³/mol. The number of fused-ring (bicyclic) bond motifs is 1. The second kappa shape index (κ2) is 8.00. The molecule has 0 radical (unpaired) electrons. The van der Waals surface area contributed by atoms with Crippen LogP contribution in [0.3, 0.4) is 0 Å². The standard InChI is InChI=1S/C24H34N2/c1-19-7-3-6-10-24(19)26(16-13-20-11-14-25(2)15-12-20)23-17-21-8-4-5-9-22(21)18-23/h4-5,7-10,20,23H,3,6,11-18H2,1-2H3. The molecule has 0 aromatic heterocycles. The van der Waals surface area contributed by atoms with Crippen molar-refractivity contribution in [3.8, 4) is 0 Å². The van der Waals surface area contributed by atoms with E-state index in [9.17, 15) is 0 Å². The summed E-state index contributed by atoms with van der Waals surface area (Å²) in [6.45, 7) is 6.10. The molecule has 2 nitrogen and oxygen atoms in total. The Kier molecular flexibility index (Phi) is 5.49. The molecule has 1 aromatic rings. The van der Waals surface area contributed by atoms with Gasteiger partial charge in [-0.3, -0.25) is 0 Å². The van der Waals surface area contributed by atoms with Gasteiger partial charge in [0.15, 0.2) is 0 Å². The third-order valence-corrected chi connectivity index (χ3v) is 6.75. The van der Waals surface area contributed by atoms with E-state index in [1.165, 1.54) is 75.9 Å². The van der Waals surface area contributed by atoms with Crippen LogP contribution >= 0.6 is 0 Å². The first-order valence-electron chi connectivity index (χ1n) is 10.6. The highest BCUT2D eigenvalue weighted by atomic mass is 15.2. The fourth-order valence-corrected chi connectivity index (χ4v) is 5.06. The van der Waals surface area contributed by atoms with Gasteiger partial charge in [-0.25, -0.2) is 0 Å². The fraction of sp³-hybridized carbons (Fsp3) is 0.583. The van der Waals surface area contributed by atoms with Gasteiger partial charge < -0.3 is 9.80 Å². The molecule has 1 aliphatic heterocycles. The maximum atomic E-state index is 2.78. The molecule has 1 heterocycles. The number of benzene rings is 1. The van der Waals surface area contributed by atoms with E-state index in [4.69, 9.17) is 0 Å². The summed E-state index contributed by atoms with van der Waals surface area (Å²) in [7, 11) is 2.26. The summed E-state index contributed by atoms with van der Waals surface area (Å²) in [6, 6.07) is 9.72. The molecule has 0 unspecified atom stereocenters. The molecule has 0 saturated carbocycles. The predicted octanol–water partition coefficient (Wildman–Crippen LogP) is 4.81. The van der Waals surface area contributed by atoms with E-state index in [2.05, 4.69) is 60.2 Å². The second-order valence-electron chi connectivity index (χ2n) is 8.61. The van der Waals surface area contributed by atoms with Crippen molar-refractivity contribution in [2.45, 2.75) is 57.9 Å². The first-order valence-corrected chi connectivity index (χ1v) is 10.6. The average molecular weight is 351 g/mol. The fourth-order valence-electron chi connectivity index (χ4n) is 5.06. The highest BCUT2D eigenvalue weighted by Gasteiger charge is 2.29. The zero-order valence-electron chi connectivity index (χ0n) is 16.6. The normalized spacial score (nSPS) is 22.1. The molecular weight excluding hydrogens is 316 g/mol. The number of piperidine rings is 1. The van der Waals surface area contributed by atoms with Crippen LogP contribution in [0.25, 0.3) is 0 Å². The Labute approximate surface area is 159 Å². The van der Waals surface area contributed by atoms with E-state index in [0.29, 0.717) is 6.04 Å². The molecule has 0 amide bonds. The molecule has 1 fully saturated rings. The Hall–Kier alpha value is -1.54. The zero-order chi connectivity index (χ0) is 17.9. The van der Waals surface area contributed by atoms with E-state index < -0.39 is 0 Å². The van der Waals surface area contributed by atoms with Crippen LogP contribution in [0.4, 0.5) is 0 Å². The molecule has 3 aliphatic rings. The van der Waals surface area contributed by atoms with Crippen LogP contribution in [0.5, 0.6) is 0 Å². The van der Waals surface area contributed by atoms with Crippen LogP contribution in [0.1, 0.15) is 50.2 Å². The Balaban J connectivity index is 1.47. The minimum Gasteiger partial charge on any atom is -0.368 e. The summed E-state index contributed by atoms with van der Waals surface area (Å²) in [5.41, 5.74) is 6.16. The van der Waals surface area contributed by atoms with E-state index in [0.717, 1.165) is 5.92 Å². The van der Waals surface area contributed by atoms with Gasteiger partial charge in [-0.15, -0.1) is 0 Å². The van der Waals surface area contributed by atoms with Crippen molar-refractivity contribution >= 4 is 0 Å². The van der Waals surface area contributed by atoms with Crippen LogP contribution in [0.15, 0.2) is 47.7 Å². The minimum atomic E-state index is 0.645. The molecular formula is C24H34N2. The largest absolute Gasteiger partial charge is 0.368 e. The van der Waals surface area contributed by atoms with E-state index in [1.54, 1.807) is 11.1 Å². The zero-order valence-corrected chi connectivity index (χ0v) is 16.6. The van der Waals surface area contributed by atoms with Gasteiger partial charge in [0.25, 0.3) is 0 Å². The molecule has 0 spiro atoms. The number of hydrogen-bond donors (Lipinski definition) is 0.